The van der Waals surface area contributed by atoms with E-state index in [-0.39, 0.29) is 30.3 Å². The highest BCUT2D eigenvalue weighted by Crippen LogP contribution is 2.30. The van der Waals surface area contributed by atoms with E-state index < -0.39 is 6.55 Å². The van der Waals surface area contributed by atoms with Gasteiger partial charge in [-0.05, 0) is 48.5 Å². The lowest BCUT2D eigenvalue weighted by Gasteiger charge is -2.10. The van der Waals surface area contributed by atoms with E-state index in [1.54, 1.807) is 72.8 Å². The highest BCUT2D eigenvalue weighted by molar-refractivity contribution is 5.91. The Labute approximate surface area is 192 Å². The van der Waals surface area contributed by atoms with Gasteiger partial charge in [-0.2, -0.15) is 8.78 Å². The van der Waals surface area contributed by atoms with Crippen molar-refractivity contribution in [3.05, 3.63) is 89.5 Å². The van der Waals surface area contributed by atoms with Crippen molar-refractivity contribution in [1.29, 1.82) is 0 Å². The molecule has 1 N–H and O–H groups in total. The number of carbonyl (C=O) groups is 1. The number of hydrogen-bond acceptors (Lipinski definition) is 4. The molecule has 170 valence electrons. The van der Waals surface area contributed by atoms with E-state index in [1.165, 1.54) is 10.9 Å². The van der Waals surface area contributed by atoms with Crippen molar-refractivity contribution in [3.8, 4) is 11.4 Å². The zero-order chi connectivity index (χ0) is 23.7. The zero-order valence-corrected chi connectivity index (χ0v) is 17.9. The van der Waals surface area contributed by atoms with Gasteiger partial charge in [0.2, 0.25) is 5.91 Å². The van der Waals surface area contributed by atoms with E-state index >= 15 is 0 Å². The van der Waals surface area contributed by atoms with Gasteiger partial charge in [0.15, 0.2) is 0 Å². The fourth-order valence-electron chi connectivity index (χ4n) is 3.86. The maximum Gasteiger partial charge on any atom is 0.320 e. The largest absolute Gasteiger partial charge is 0.326 e. The van der Waals surface area contributed by atoms with Gasteiger partial charge in [0, 0.05) is 24.2 Å². The summed E-state index contributed by atoms with van der Waals surface area (Å²) < 4.78 is 29.7. The molecule has 34 heavy (non-hydrogen) atoms. The normalized spacial score (nSPS) is 11.4. The Bertz CT molecular complexity index is 1560. The molecule has 0 unspecified atom stereocenters. The van der Waals surface area contributed by atoms with Gasteiger partial charge in [-0.25, -0.2) is 9.97 Å². The molecule has 7 nitrogen and oxygen atoms in total. The van der Waals surface area contributed by atoms with Crippen LogP contribution in [0, 0.1) is 0 Å². The van der Waals surface area contributed by atoms with Crippen LogP contribution in [0.4, 0.5) is 14.5 Å². The molecular weight excluding hydrogens is 440 g/mol. The summed E-state index contributed by atoms with van der Waals surface area (Å²) >= 11 is 0. The lowest BCUT2D eigenvalue weighted by molar-refractivity contribution is -0.116. The monoisotopic (exact) mass is 459 g/mol. The fourth-order valence-corrected chi connectivity index (χ4v) is 3.86. The molecule has 2 aromatic heterocycles. The molecular formula is C25H19F2N5O2. The van der Waals surface area contributed by atoms with Gasteiger partial charge in [-0.1, -0.05) is 24.3 Å². The van der Waals surface area contributed by atoms with Crippen LogP contribution < -0.4 is 10.9 Å². The number of anilines is 1. The number of aryl methyl sites for hydroxylation is 1. The lowest BCUT2D eigenvalue weighted by Crippen LogP contribution is -2.23. The third kappa shape index (κ3) is 4.03. The second-order valence-corrected chi connectivity index (χ2v) is 7.71. The summed E-state index contributed by atoms with van der Waals surface area (Å²) in [7, 11) is 0. The number of amides is 1. The average molecular weight is 459 g/mol. The van der Waals surface area contributed by atoms with E-state index in [4.69, 9.17) is 0 Å². The first kappa shape index (κ1) is 21.4. The van der Waals surface area contributed by atoms with Gasteiger partial charge in [0.1, 0.15) is 5.82 Å². The molecule has 9 heteroatoms. The second kappa shape index (κ2) is 8.86. The lowest BCUT2D eigenvalue weighted by atomic mass is 10.2. The molecule has 0 spiro atoms. The minimum absolute atomic E-state index is 0.0723. The Morgan fingerprint density at radius 1 is 0.941 bits per heavy atom. The molecule has 2 heterocycles. The number of alkyl halides is 2. The van der Waals surface area contributed by atoms with Crippen molar-refractivity contribution < 1.29 is 13.6 Å². The Morgan fingerprint density at radius 3 is 2.41 bits per heavy atom. The van der Waals surface area contributed by atoms with Crippen molar-refractivity contribution in [3.63, 3.8) is 0 Å². The van der Waals surface area contributed by atoms with Gasteiger partial charge >= 0.3 is 6.55 Å². The molecule has 0 bridgehead atoms. The number of imidazole rings is 1. The van der Waals surface area contributed by atoms with E-state index in [2.05, 4.69) is 15.3 Å². The van der Waals surface area contributed by atoms with Crippen LogP contribution in [-0.4, -0.2) is 25.0 Å². The number of nitrogens with one attached hydrogen (secondary N) is 1. The number of benzene rings is 3. The Balaban J connectivity index is 1.29. The summed E-state index contributed by atoms with van der Waals surface area (Å²) in [5.74, 6) is -0.134. The molecule has 0 atom stereocenters. The fraction of sp³-hybridized carbons (Fsp3) is 0.120. The topological polar surface area (TPSA) is 81.8 Å². The van der Waals surface area contributed by atoms with Crippen molar-refractivity contribution in [2.45, 2.75) is 19.5 Å². The maximum atomic E-state index is 13.7. The Kier molecular flexibility index (Phi) is 5.59. The third-order valence-corrected chi connectivity index (χ3v) is 5.53. The van der Waals surface area contributed by atoms with E-state index in [0.29, 0.717) is 33.2 Å². The molecule has 0 saturated carbocycles. The minimum atomic E-state index is -2.74. The predicted molar refractivity (Wildman–Crippen MR) is 126 cm³/mol. The molecule has 5 aromatic rings. The molecule has 1 amide bonds. The van der Waals surface area contributed by atoms with E-state index in [0.717, 1.165) is 4.57 Å². The molecule has 0 saturated heterocycles. The summed E-state index contributed by atoms with van der Waals surface area (Å²) in [6, 6.07) is 20.3. The maximum absolute atomic E-state index is 13.7. The SMILES string of the molecule is O=C(CCn1cnc2ccccc2c1=O)Nc1ccc(-c2nc3ccccc3n2C(F)F)cc1. The molecule has 0 radical (unpaired) electrons. The quantitative estimate of drug-likeness (QED) is 0.394. The standard InChI is InChI=1S/C25H19F2N5O2/c26-25(27)32-21-8-4-3-7-20(21)30-23(32)16-9-11-17(12-10-16)29-22(33)13-14-31-15-28-19-6-2-1-5-18(19)24(31)34/h1-12,15,25H,13-14H2,(H,29,33). The number of halogens is 2. The van der Waals surface area contributed by atoms with Crippen LogP contribution >= 0.6 is 0 Å². The second-order valence-electron chi connectivity index (χ2n) is 7.71. The summed E-state index contributed by atoms with van der Waals surface area (Å²) in [6.45, 7) is -2.56. The van der Waals surface area contributed by atoms with Crippen molar-refractivity contribution in [2.75, 3.05) is 5.32 Å². The Morgan fingerprint density at radius 2 is 1.65 bits per heavy atom. The number of fused-ring (bicyclic) bond motifs is 2. The molecule has 3 aromatic carbocycles. The van der Waals surface area contributed by atoms with Crippen LogP contribution in [0.25, 0.3) is 33.3 Å². The molecule has 0 aliphatic carbocycles. The first-order chi connectivity index (χ1) is 16.5. The summed E-state index contributed by atoms with van der Waals surface area (Å²) in [5, 5.41) is 3.26. The molecule has 5 rings (SSSR count). The Hall–Kier alpha value is -4.40. The molecule has 0 fully saturated rings. The third-order valence-electron chi connectivity index (χ3n) is 5.53. The van der Waals surface area contributed by atoms with E-state index in [1.807, 2.05) is 0 Å². The van der Waals surface area contributed by atoms with Crippen LogP contribution in [0.15, 0.2) is 83.9 Å². The number of carbonyl (C=O) groups excluding carboxylic acids is 1. The minimum Gasteiger partial charge on any atom is -0.326 e. The van der Waals surface area contributed by atoms with Crippen LogP contribution in [0.2, 0.25) is 0 Å². The molecule has 0 aliphatic rings. The van der Waals surface area contributed by atoms with E-state index in [9.17, 15) is 18.4 Å². The zero-order valence-electron chi connectivity index (χ0n) is 17.9. The highest BCUT2D eigenvalue weighted by Gasteiger charge is 2.18. The first-order valence-electron chi connectivity index (χ1n) is 10.6. The summed E-state index contributed by atoms with van der Waals surface area (Å²) in [5.41, 5.74) is 2.25. The highest BCUT2D eigenvalue weighted by atomic mass is 19.3. The first-order valence-corrected chi connectivity index (χ1v) is 10.6. The van der Waals surface area contributed by atoms with Gasteiger partial charge in [-0.15, -0.1) is 0 Å². The van der Waals surface area contributed by atoms with Crippen molar-refractivity contribution in [2.24, 2.45) is 0 Å². The summed E-state index contributed by atoms with van der Waals surface area (Å²) in [4.78, 5) is 33.5. The number of rotatable bonds is 6. The van der Waals surface area contributed by atoms with Crippen molar-refractivity contribution >= 4 is 33.5 Å². The number of aromatic nitrogens is 4. The van der Waals surface area contributed by atoms with Gasteiger partial charge in [0.25, 0.3) is 5.56 Å². The number of nitrogens with zero attached hydrogens (tertiary/aromatic N) is 4. The summed E-state index contributed by atoms with van der Waals surface area (Å²) in [6.07, 6.45) is 1.50. The predicted octanol–water partition coefficient (Wildman–Crippen LogP) is 4.84. The van der Waals surface area contributed by atoms with Gasteiger partial charge in [0.05, 0.1) is 28.3 Å². The smallest absolute Gasteiger partial charge is 0.320 e. The number of hydrogen-bond donors (Lipinski definition) is 1. The van der Waals surface area contributed by atoms with Crippen LogP contribution in [0.1, 0.15) is 13.0 Å². The van der Waals surface area contributed by atoms with Gasteiger partial charge < -0.3 is 5.32 Å². The van der Waals surface area contributed by atoms with Gasteiger partial charge in [-0.3, -0.25) is 18.7 Å². The van der Waals surface area contributed by atoms with Crippen molar-refractivity contribution in [1.82, 2.24) is 19.1 Å². The number of para-hydroxylation sites is 3. The molecule has 0 aliphatic heterocycles. The van der Waals surface area contributed by atoms with Crippen LogP contribution in [0.5, 0.6) is 0 Å². The van der Waals surface area contributed by atoms with Crippen LogP contribution in [-0.2, 0) is 11.3 Å². The van der Waals surface area contributed by atoms with Crippen LogP contribution in [0.3, 0.4) is 0 Å². The average Bonchev–Trinajstić information content (AvgIpc) is 3.24.